The summed E-state index contributed by atoms with van der Waals surface area (Å²) in [7, 11) is 4.25. The number of nitrogens with zero attached hydrogens (tertiary/aromatic N) is 1. The molecule has 0 radical (unpaired) electrons. The summed E-state index contributed by atoms with van der Waals surface area (Å²) < 4.78 is 0. The van der Waals surface area contributed by atoms with E-state index in [2.05, 4.69) is 24.2 Å². The van der Waals surface area contributed by atoms with Gasteiger partial charge in [0.2, 0.25) is 0 Å². The third kappa shape index (κ3) is 3.06. The molecule has 2 saturated carbocycles. The molecule has 0 aromatic carbocycles. The van der Waals surface area contributed by atoms with Gasteiger partial charge >= 0.3 is 0 Å². The zero-order valence-corrected chi connectivity index (χ0v) is 12.3. The second kappa shape index (κ2) is 5.89. The molecule has 0 aromatic rings. The van der Waals surface area contributed by atoms with Gasteiger partial charge in [-0.15, -0.1) is 0 Å². The lowest BCUT2D eigenvalue weighted by Crippen LogP contribution is -2.57. The van der Waals surface area contributed by atoms with E-state index in [9.17, 15) is 5.11 Å². The highest BCUT2D eigenvalue weighted by molar-refractivity contribution is 5.02. The van der Waals surface area contributed by atoms with Crippen LogP contribution in [0.4, 0.5) is 0 Å². The minimum atomic E-state index is -0.0577. The molecule has 1 unspecified atom stereocenters. The minimum absolute atomic E-state index is 0.0577. The summed E-state index contributed by atoms with van der Waals surface area (Å²) in [5.41, 5.74) is -0.0577. The van der Waals surface area contributed by atoms with E-state index in [1.807, 2.05) is 7.05 Å². The van der Waals surface area contributed by atoms with E-state index in [1.165, 1.54) is 38.5 Å². The summed E-state index contributed by atoms with van der Waals surface area (Å²) >= 11 is 0. The largest absolute Gasteiger partial charge is 0.394 e. The van der Waals surface area contributed by atoms with E-state index in [4.69, 9.17) is 0 Å². The highest BCUT2D eigenvalue weighted by Crippen LogP contribution is 2.40. The van der Waals surface area contributed by atoms with Crippen LogP contribution in [0.15, 0.2) is 0 Å². The van der Waals surface area contributed by atoms with Crippen molar-refractivity contribution in [3.05, 3.63) is 0 Å². The molecule has 2 aliphatic carbocycles. The van der Waals surface area contributed by atoms with Crippen molar-refractivity contribution in [1.82, 2.24) is 10.2 Å². The Bertz CT molecular complexity index is 253. The predicted octanol–water partition coefficient (Wildman–Crippen LogP) is 1.86. The molecule has 1 atom stereocenters. The molecular formula is C15H30N2O. The smallest absolute Gasteiger partial charge is 0.0628 e. The number of aliphatic hydroxyl groups is 1. The van der Waals surface area contributed by atoms with Gasteiger partial charge in [-0.2, -0.15) is 0 Å². The zero-order valence-electron chi connectivity index (χ0n) is 12.3. The number of hydrogen-bond donors (Lipinski definition) is 2. The third-order valence-electron chi connectivity index (χ3n) is 5.28. The van der Waals surface area contributed by atoms with Gasteiger partial charge in [-0.05, 0) is 64.5 Å². The topological polar surface area (TPSA) is 35.5 Å². The molecule has 18 heavy (non-hydrogen) atoms. The van der Waals surface area contributed by atoms with Crippen LogP contribution in [0.2, 0.25) is 0 Å². The fourth-order valence-electron chi connectivity index (χ4n) is 3.56. The van der Waals surface area contributed by atoms with Crippen LogP contribution in [-0.4, -0.2) is 48.8 Å². The maximum absolute atomic E-state index is 9.79. The standard InChI is InChI=1S/C15H30N2O/c1-12-4-8-14(9-5-12)17(3)10-15(11-18,16-2)13-6-7-13/h12-14,16,18H,4-11H2,1-3H3. The first-order valence-corrected chi connectivity index (χ1v) is 7.61. The quantitative estimate of drug-likeness (QED) is 0.759. The molecule has 2 rings (SSSR count). The van der Waals surface area contributed by atoms with Crippen molar-refractivity contribution in [3.63, 3.8) is 0 Å². The first-order valence-electron chi connectivity index (χ1n) is 7.61. The molecule has 3 heteroatoms. The van der Waals surface area contributed by atoms with Gasteiger partial charge in [-0.1, -0.05) is 6.92 Å². The highest BCUT2D eigenvalue weighted by Gasteiger charge is 2.45. The Hall–Kier alpha value is -0.120. The van der Waals surface area contributed by atoms with Gasteiger partial charge in [0.05, 0.1) is 12.1 Å². The molecule has 2 N–H and O–H groups in total. The molecule has 0 heterocycles. The van der Waals surface area contributed by atoms with E-state index >= 15 is 0 Å². The zero-order chi connectivity index (χ0) is 13.2. The van der Waals surface area contributed by atoms with Crippen LogP contribution < -0.4 is 5.32 Å². The Kier molecular flexibility index (Phi) is 4.68. The van der Waals surface area contributed by atoms with Crippen molar-refractivity contribution in [3.8, 4) is 0 Å². The van der Waals surface area contributed by atoms with Crippen LogP contribution in [0.25, 0.3) is 0 Å². The molecule has 0 amide bonds. The fraction of sp³-hybridized carbons (Fsp3) is 1.00. The summed E-state index contributed by atoms with van der Waals surface area (Å²) in [6.45, 7) is 3.62. The predicted molar refractivity (Wildman–Crippen MR) is 75.7 cm³/mol. The summed E-state index contributed by atoms with van der Waals surface area (Å²) in [6.07, 6.45) is 7.93. The Balaban J connectivity index is 1.90. The summed E-state index contributed by atoms with van der Waals surface area (Å²) in [5.74, 6) is 1.59. The van der Waals surface area contributed by atoms with Crippen LogP contribution in [0.3, 0.4) is 0 Å². The van der Waals surface area contributed by atoms with E-state index in [0.29, 0.717) is 5.92 Å². The average Bonchev–Trinajstić information content (AvgIpc) is 3.21. The lowest BCUT2D eigenvalue weighted by atomic mass is 9.85. The number of rotatable bonds is 6. The Morgan fingerprint density at radius 1 is 1.17 bits per heavy atom. The Morgan fingerprint density at radius 2 is 1.78 bits per heavy atom. The molecule has 2 aliphatic rings. The van der Waals surface area contributed by atoms with Gasteiger partial charge in [0.25, 0.3) is 0 Å². The molecule has 3 nitrogen and oxygen atoms in total. The van der Waals surface area contributed by atoms with Crippen molar-refractivity contribution in [2.45, 2.75) is 57.0 Å². The molecule has 0 aliphatic heterocycles. The van der Waals surface area contributed by atoms with E-state index in [1.54, 1.807) is 0 Å². The van der Waals surface area contributed by atoms with Gasteiger partial charge in [-0.25, -0.2) is 0 Å². The molecule has 0 saturated heterocycles. The highest BCUT2D eigenvalue weighted by atomic mass is 16.3. The minimum Gasteiger partial charge on any atom is -0.394 e. The van der Waals surface area contributed by atoms with Crippen LogP contribution in [0.5, 0.6) is 0 Å². The molecule has 0 bridgehead atoms. The average molecular weight is 254 g/mol. The van der Waals surface area contributed by atoms with E-state index < -0.39 is 0 Å². The summed E-state index contributed by atoms with van der Waals surface area (Å²) in [5, 5.41) is 13.2. The second-order valence-electron chi connectivity index (χ2n) is 6.67. The van der Waals surface area contributed by atoms with E-state index in [-0.39, 0.29) is 12.1 Å². The third-order valence-corrected chi connectivity index (χ3v) is 5.28. The van der Waals surface area contributed by atoms with Crippen molar-refractivity contribution in [2.24, 2.45) is 11.8 Å². The van der Waals surface area contributed by atoms with Crippen LogP contribution >= 0.6 is 0 Å². The van der Waals surface area contributed by atoms with Crippen molar-refractivity contribution in [2.75, 3.05) is 27.2 Å². The van der Waals surface area contributed by atoms with E-state index in [0.717, 1.165) is 18.5 Å². The monoisotopic (exact) mass is 254 g/mol. The summed E-state index contributed by atoms with van der Waals surface area (Å²) in [4.78, 5) is 2.50. The normalized spacial score (nSPS) is 32.5. The number of hydrogen-bond acceptors (Lipinski definition) is 3. The number of nitrogens with one attached hydrogen (secondary N) is 1. The lowest BCUT2D eigenvalue weighted by Gasteiger charge is -2.41. The Morgan fingerprint density at radius 3 is 2.22 bits per heavy atom. The first kappa shape index (κ1) is 14.3. The van der Waals surface area contributed by atoms with Gasteiger partial charge < -0.3 is 15.3 Å². The Labute approximate surface area is 112 Å². The molecule has 2 fully saturated rings. The maximum atomic E-state index is 9.79. The SMILES string of the molecule is CNC(CO)(CN(C)C1CCC(C)CC1)C1CC1. The van der Waals surface area contributed by atoms with Gasteiger partial charge in [0.1, 0.15) is 0 Å². The lowest BCUT2D eigenvalue weighted by molar-refractivity contribution is 0.0747. The number of aliphatic hydroxyl groups excluding tert-OH is 1. The van der Waals surface area contributed by atoms with Crippen LogP contribution in [-0.2, 0) is 0 Å². The summed E-state index contributed by atoms with van der Waals surface area (Å²) in [6, 6.07) is 0.722. The molecule has 0 aromatic heterocycles. The van der Waals surface area contributed by atoms with Gasteiger partial charge in [-0.3, -0.25) is 0 Å². The molecular weight excluding hydrogens is 224 g/mol. The maximum Gasteiger partial charge on any atom is 0.0628 e. The van der Waals surface area contributed by atoms with Gasteiger partial charge in [0, 0.05) is 12.6 Å². The first-order chi connectivity index (χ1) is 8.61. The number of likely N-dealkylation sites (N-methyl/N-ethyl adjacent to an activating group) is 2. The fourth-order valence-corrected chi connectivity index (χ4v) is 3.56. The van der Waals surface area contributed by atoms with Crippen LogP contribution in [0, 0.1) is 11.8 Å². The van der Waals surface area contributed by atoms with Crippen molar-refractivity contribution >= 4 is 0 Å². The van der Waals surface area contributed by atoms with Crippen LogP contribution in [0.1, 0.15) is 45.4 Å². The van der Waals surface area contributed by atoms with Crippen molar-refractivity contribution < 1.29 is 5.11 Å². The molecule has 106 valence electrons. The molecule has 0 spiro atoms. The van der Waals surface area contributed by atoms with Crippen molar-refractivity contribution in [1.29, 1.82) is 0 Å². The van der Waals surface area contributed by atoms with Gasteiger partial charge in [0.15, 0.2) is 0 Å². The second-order valence-corrected chi connectivity index (χ2v) is 6.67.